The van der Waals surface area contributed by atoms with Gasteiger partial charge in [0.25, 0.3) is 5.91 Å². The highest BCUT2D eigenvalue weighted by Gasteiger charge is 2.36. The number of ether oxygens (including phenoxy) is 3. The smallest absolute Gasteiger partial charge is 0.338 e. The highest BCUT2D eigenvalue weighted by Crippen LogP contribution is 2.40. The normalized spacial score (nSPS) is 21.2. The molecule has 0 spiro atoms. The summed E-state index contributed by atoms with van der Waals surface area (Å²) in [5.41, 5.74) is 2.54. The van der Waals surface area contributed by atoms with Gasteiger partial charge in [-0.1, -0.05) is 24.3 Å². The predicted molar refractivity (Wildman–Crippen MR) is 156 cm³/mol. The number of rotatable bonds is 10. The molecule has 3 aromatic rings. The predicted octanol–water partition coefficient (Wildman–Crippen LogP) is 4.20. The first kappa shape index (κ1) is 29.4. The number of piperidine rings is 1. The molecule has 11 heteroatoms. The largest absolute Gasteiger partial charge is 0.484 e. The van der Waals surface area contributed by atoms with E-state index in [9.17, 15) is 19.2 Å². The van der Waals surface area contributed by atoms with Gasteiger partial charge in [-0.3, -0.25) is 14.4 Å². The second-order valence-corrected chi connectivity index (χ2v) is 11.7. The van der Waals surface area contributed by atoms with E-state index in [0.29, 0.717) is 36.6 Å². The van der Waals surface area contributed by atoms with E-state index in [1.807, 2.05) is 19.1 Å². The van der Waals surface area contributed by atoms with Gasteiger partial charge in [-0.2, -0.15) is 0 Å². The van der Waals surface area contributed by atoms with Crippen molar-refractivity contribution in [3.8, 4) is 5.75 Å². The summed E-state index contributed by atoms with van der Waals surface area (Å²) in [5.74, 6) is -0.622. The minimum atomic E-state index is -0.528. The average Bonchev–Trinajstić information content (AvgIpc) is 3.55. The molecule has 1 N–H and O–H groups in total. The van der Waals surface area contributed by atoms with E-state index in [1.165, 1.54) is 31.0 Å². The van der Waals surface area contributed by atoms with Crippen LogP contribution >= 0.6 is 0 Å². The molecule has 3 aliphatic rings. The number of nitrogens with zero attached hydrogens (tertiary/aromatic N) is 2. The Kier molecular flexibility index (Phi) is 8.63. The Morgan fingerprint density at radius 1 is 1.05 bits per heavy atom. The van der Waals surface area contributed by atoms with Gasteiger partial charge in [0.2, 0.25) is 11.7 Å². The second kappa shape index (κ2) is 12.9. The lowest BCUT2D eigenvalue weighted by atomic mass is 10.00. The van der Waals surface area contributed by atoms with Crippen LogP contribution in [0.25, 0.3) is 0 Å². The number of aromatic nitrogens is 1. The minimum absolute atomic E-state index is 0.0907. The lowest BCUT2D eigenvalue weighted by Crippen LogP contribution is -2.46. The van der Waals surface area contributed by atoms with E-state index in [2.05, 4.69) is 22.4 Å². The third-order valence-electron chi connectivity index (χ3n) is 8.31. The Bertz CT molecular complexity index is 1480. The highest BCUT2D eigenvalue weighted by molar-refractivity contribution is 5.91. The van der Waals surface area contributed by atoms with E-state index >= 15 is 0 Å². The van der Waals surface area contributed by atoms with Crippen molar-refractivity contribution in [1.29, 1.82) is 0 Å². The molecule has 1 saturated carbocycles. The number of esters is 2. The maximum absolute atomic E-state index is 13.0. The summed E-state index contributed by atoms with van der Waals surface area (Å²) < 4.78 is 22.2. The number of oxazole rings is 1. The summed E-state index contributed by atoms with van der Waals surface area (Å²) in [4.78, 5) is 55.4. The SMILES string of the molecule is CC(NC(=O)c1cnco1)C(Oc1ccc(C(=O)O[C@H]2CCCN(C(=O)[C@H]3COC(=O)C3)C2)cc1)c1ccc(C2CC2)cc1. The highest BCUT2D eigenvalue weighted by atomic mass is 16.5. The number of nitrogens with one attached hydrogen (secondary N) is 1. The Morgan fingerprint density at radius 3 is 2.48 bits per heavy atom. The molecule has 2 saturated heterocycles. The lowest BCUT2D eigenvalue weighted by Gasteiger charge is -2.33. The van der Waals surface area contributed by atoms with Crippen molar-refractivity contribution < 1.29 is 37.8 Å². The number of hydrogen-bond donors (Lipinski definition) is 1. The van der Waals surface area contributed by atoms with Crippen molar-refractivity contribution in [1.82, 2.24) is 15.2 Å². The Hall–Kier alpha value is -4.67. The standard InChI is InChI=1S/C33H35N3O8/c1-20(35-31(38)28-16-34-19-42-28)30(23-8-6-22(7-9-23)21-4-5-21)43-26-12-10-24(11-13-26)33(40)44-27-3-2-14-36(17-27)32(39)25-15-29(37)41-18-25/h6-13,16,19-21,25,27,30H,2-5,14-15,17-18H2,1H3,(H,35,38)/t20?,25-,27+,30?/m1/s1. The van der Waals surface area contributed by atoms with Crippen LogP contribution in [0.3, 0.4) is 0 Å². The molecular formula is C33H35N3O8. The van der Waals surface area contributed by atoms with E-state index in [4.69, 9.17) is 18.6 Å². The number of amides is 2. The van der Waals surface area contributed by atoms with Gasteiger partial charge in [0, 0.05) is 6.54 Å². The molecule has 44 heavy (non-hydrogen) atoms. The van der Waals surface area contributed by atoms with Crippen LogP contribution in [-0.2, 0) is 19.1 Å². The molecule has 2 aliphatic heterocycles. The van der Waals surface area contributed by atoms with Crippen LogP contribution in [0.5, 0.6) is 5.75 Å². The van der Waals surface area contributed by atoms with Gasteiger partial charge in [0.1, 0.15) is 24.6 Å². The zero-order valence-corrected chi connectivity index (χ0v) is 24.5. The zero-order valence-electron chi connectivity index (χ0n) is 24.5. The molecule has 2 unspecified atom stereocenters. The van der Waals surface area contributed by atoms with Crippen LogP contribution in [0.1, 0.15) is 83.1 Å². The van der Waals surface area contributed by atoms with Gasteiger partial charge in [-0.25, -0.2) is 9.78 Å². The van der Waals surface area contributed by atoms with Crippen molar-refractivity contribution >= 4 is 23.8 Å². The molecule has 2 aromatic carbocycles. The van der Waals surface area contributed by atoms with E-state index < -0.39 is 36.0 Å². The number of benzene rings is 2. The number of carbonyl (C=O) groups is 4. The van der Waals surface area contributed by atoms with Crippen molar-refractivity contribution in [2.75, 3.05) is 19.7 Å². The molecule has 11 nitrogen and oxygen atoms in total. The van der Waals surface area contributed by atoms with Crippen LogP contribution in [0.15, 0.2) is 65.5 Å². The summed E-state index contributed by atoms with van der Waals surface area (Å²) in [6.45, 7) is 2.81. The van der Waals surface area contributed by atoms with Crippen molar-refractivity contribution in [3.05, 3.63) is 83.6 Å². The maximum atomic E-state index is 13.0. The zero-order chi connectivity index (χ0) is 30.6. The molecule has 230 valence electrons. The van der Waals surface area contributed by atoms with Gasteiger partial charge < -0.3 is 28.8 Å². The van der Waals surface area contributed by atoms with Crippen molar-refractivity contribution in [2.24, 2.45) is 5.92 Å². The molecular weight excluding hydrogens is 566 g/mol. The maximum Gasteiger partial charge on any atom is 0.338 e. The first-order valence-electron chi connectivity index (χ1n) is 15.1. The minimum Gasteiger partial charge on any atom is -0.484 e. The van der Waals surface area contributed by atoms with Crippen LogP contribution < -0.4 is 10.1 Å². The fourth-order valence-electron chi connectivity index (χ4n) is 5.71. The van der Waals surface area contributed by atoms with Gasteiger partial charge >= 0.3 is 11.9 Å². The number of likely N-dealkylation sites (tertiary alicyclic amines) is 1. The first-order chi connectivity index (χ1) is 21.3. The molecule has 3 heterocycles. The van der Waals surface area contributed by atoms with Crippen LogP contribution in [-0.4, -0.2) is 65.5 Å². The topological polar surface area (TPSA) is 137 Å². The van der Waals surface area contributed by atoms with Crippen LogP contribution in [0, 0.1) is 5.92 Å². The Balaban J connectivity index is 1.09. The molecule has 0 bridgehead atoms. The number of carbonyl (C=O) groups excluding carboxylic acids is 4. The average molecular weight is 602 g/mol. The molecule has 6 rings (SSSR count). The fourth-order valence-corrected chi connectivity index (χ4v) is 5.71. The molecule has 3 fully saturated rings. The van der Waals surface area contributed by atoms with Gasteiger partial charge in [0.05, 0.1) is 36.7 Å². The van der Waals surface area contributed by atoms with Crippen molar-refractivity contribution in [3.63, 3.8) is 0 Å². The lowest BCUT2D eigenvalue weighted by molar-refractivity contribution is -0.139. The van der Waals surface area contributed by atoms with Crippen molar-refractivity contribution in [2.45, 2.75) is 63.2 Å². The summed E-state index contributed by atoms with van der Waals surface area (Å²) in [5, 5.41) is 2.93. The Labute approximate surface area is 254 Å². The van der Waals surface area contributed by atoms with Gasteiger partial charge in [0.15, 0.2) is 6.39 Å². The number of cyclic esters (lactones) is 1. The molecule has 2 amide bonds. The second-order valence-electron chi connectivity index (χ2n) is 11.7. The molecule has 1 aromatic heterocycles. The summed E-state index contributed by atoms with van der Waals surface area (Å²) in [6.07, 6.45) is 5.44. The summed E-state index contributed by atoms with van der Waals surface area (Å²) in [7, 11) is 0. The van der Waals surface area contributed by atoms with Gasteiger partial charge in [-0.05, 0) is 73.9 Å². The van der Waals surface area contributed by atoms with Crippen LogP contribution in [0.4, 0.5) is 0 Å². The van der Waals surface area contributed by atoms with E-state index in [0.717, 1.165) is 5.56 Å². The monoisotopic (exact) mass is 601 g/mol. The first-order valence-corrected chi connectivity index (χ1v) is 15.1. The summed E-state index contributed by atoms with van der Waals surface area (Å²) in [6, 6.07) is 14.5. The number of hydrogen-bond acceptors (Lipinski definition) is 9. The molecule has 0 radical (unpaired) electrons. The molecule has 1 aliphatic carbocycles. The Morgan fingerprint density at radius 2 is 1.82 bits per heavy atom. The fraction of sp³-hybridized carbons (Fsp3) is 0.424. The quantitative estimate of drug-likeness (QED) is 0.339. The van der Waals surface area contributed by atoms with Gasteiger partial charge in [-0.15, -0.1) is 0 Å². The third kappa shape index (κ3) is 6.93. The molecule has 4 atom stereocenters. The third-order valence-corrected chi connectivity index (χ3v) is 8.31. The van der Waals surface area contributed by atoms with Crippen LogP contribution in [0.2, 0.25) is 0 Å². The summed E-state index contributed by atoms with van der Waals surface area (Å²) >= 11 is 0. The van der Waals surface area contributed by atoms with E-state index in [1.54, 1.807) is 29.2 Å². The van der Waals surface area contributed by atoms with E-state index in [-0.39, 0.29) is 37.2 Å².